The number of hydrogen-bond donors (Lipinski definition) is 0. The number of benzene rings is 2. The van der Waals surface area contributed by atoms with Gasteiger partial charge < -0.3 is 0 Å². The van der Waals surface area contributed by atoms with Crippen molar-refractivity contribution < 1.29 is 28.0 Å². The Hall–Kier alpha value is -1.24. The molecule has 0 spiro atoms. The van der Waals surface area contributed by atoms with Crippen LogP contribution < -0.4 is 0 Å². The van der Waals surface area contributed by atoms with Crippen LogP contribution in [0.4, 0.5) is 0 Å². The fraction of sp³-hybridized carbons (Fsp3) is 0.200. The second-order valence-electron chi connectivity index (χ2n) is 5.40. The molecule has 111 valence electrons. The first-order chi connectivity index (χ1) is 10.7. The van der Waals surface area contributed by atoms with Crippen molar-refractivity contribution in [1.29, 1.82) is 0 Å². The molecule has 0 bridgehead atoms. The van der Waals surface area contributed by atoms with Crippen LogP contribution in [0.25, 0.3) is 16.7 Å². The standard InChI is InChI=1S/C17H14.C3H7O.Zr/c1-2-8-14(9-3-1)16-12-6-7-13-17(16)15-10-4-5-11-15;1-3(2)4;/h1-10,12-13H,11H2;3H,1-2H3;/q;-1;+1. The van der Waals surface area contributed by atoms with Crippen molar-refractivity contribution in [3.63, 3.8) is 0 Å². The summed E-state index contributed by atoms with van der Waals surface area (Å²) in [5.74, 6) is 0. The van der Waals surface area contributed by atoms with Crippen LogP contribution in [0.15, 0.2) is 72.8 Å². The van der Waals surface area contributed by atoms with E-state index in [9.17, 15) is 0 Å². The molecule has 0 aliphatic heterocycles. The molecule has 0 N–H and O–H groups in total. The van der Waals surface area contributed by atoms with E-state index in [1.165, 1.54) is 22.3 Å². The molecule has 0 heterocycles. The van der Waals surface area contributed by atoms with Gasteiger partial charge in [-0.25, -0.2) is 0 Å². The van der Waals surface area contributed by atoms with Crippen molar-refractivity contribution in [1.82, 2.24) is 0 Å². The van der Waals surface area contributed by atoms with Crippen molar-refractivity contribution in [3.05, 3.63) is 78.4 Å². The summed E-state index contributed by atoms with van der Waals surface area (Å²) in [6.45, 7) is 4.04. The third-order valence-electron chi connectivity index (χ3n) is 3.36. The Bertz CT molecular complexity index is 642. The van der Waals surface area contributed by atoms with Gasteiger partial charge in [0.2, 0.25) is 0 Å². The van der Waals surface area contributed by atoms with E-state index in [2.05, 4.69) is 72.8 Å². The average Bonchev–Trinajstić information content (AvgIpc) is 3.10. The van der Waals surface area contributed by atoms with E-state index in [1.54, 1.807) is 0 Å². The summed E-state index contributed by atoms with van der Waals surface area (Å²) < 4.78 is 4.84. The third-order valence-corrected chi connectivity index (χ3v) is 4.52. The normalized spacial score (nSPS) is 12.7. The zero-order valence-electron chi connectivity index (χ0n) is 13.1. The minimum atomic E-state index is 0.424. The summed E-state index contributed by atoms with van der Waals surface area (Å²) in [5.41, 5.74) is 5.37. The number of allylic oxidation sites excluding steroid dienone is 4. The summed E-state index contributed by atoms with van der Waals surface area (Å²) in [6.07, 6.45) is 8.02. The fourth-order valence-electron chi connectivity index (χ4n) is 2.28. The van der Waals surface area contributed by atoms with Gasteiger partial charge in [0.15, 0.2) is 0 Å². The van der Waals surface area contributed by atoms with Crippen LogP contribution in [0.3, 0.4) is 0 Å². The van der Waals surface area contributed by atoms with Gasteiger partial charge in [-0.2, -0.15) is 0 Å². The second-order valence-corrected chi connectivity index (χ2v) is 5.98. The van der Waals surface area contributed by atoms with Crippen molar-refractivity contribution in [2.45, 2.75) is 26.4 Å². The van der Waals surface area contributed by atoms with Gasteiger partial charge in [0.25, 0.3) is 0 Å². The van der Waals surface area contributed by atoms with E-state index in [0.717, 1.165) is 31.6 Å². The van der Waals surface area contributed by atoms with E-state index >= 15 is 0 Å². The summed E-state index contributed by atoms with van der Waals surface area (Å²) in [5, 5.41) is 0. The molecule has 0 saturated carbocycles. The van der Waals surface area contributed by atoms with Crippen molar-refractivity contribution >= 4 is 5.57 Å². The first-order valence-electron chi connectivity index (χ1n) is 7.55. The Kier molecular flexibility index (Phi) is 7.03. The van der Waals surface area contributed by atoms with Crippen LogP contribution in [0.2, 0.25) is 0 Å². The topological polar surface area (TPSA) is 9.23 Å². The molecule has 3 rings (SSSR count). The van der Waals surface area contributed by atoms with Crippen molar-refractivity contribution in [2.24, 2.45) is 0 Å². The average molecular weight is 369 g/mol. The van der Waals surface area contributed by atoms with E-state index < -0.39 is 0 Å². The van der Waals surface area contributed by atoms with Gasteiger partial charge in [-0.15, -0.1) is 0 Å². The molecule has 0 atom stereocenters. The molecule has 2 aromatic rings. The zero-order chi connectivity index (χ0) is 15.8. The Balaban J connectivity index is 0.000000309. The monoisotopic (exact) mass is 367 g/mol. The van der Waals surface area contributed by atoms with Crippen LogP contribution >= 0.6 is 0 Å². The first-order valence-corrected chi connectivity index (χ1v) is 8.55. The molecule has 0 aromatic heterocycles. The molecule has 0 amide bonds. The van der Waals surface area contributed by atoms with Crippen LogP contribution in [0.5, 0.6) is 0 Å². The quantitative estimate of drug-likeness (QED) is 0.688. The Labute approximate surface area is 149 Å². The van der Waals surface area contributed by atoms with E-state index in [-0.39, 0.29) is 0 Å². The van der Waals surface area contributed by atoms with Gasteiger partial charge in [-0.05, 0) is 28.7 Å². The fourth-order valence-corrected chi connectivity index (χ4v) is 2.28. The SMILES string of the molecule is C1=CCC(c2ccccc2-c2ccccc2)=C1.CC(C)[O][Zr]. The minimum absolute atomic E-state index is 0.424. The molecule has 0 saturated heterocycles. The number of rotatable bonds is 3. The van der Waals surface area contributed by atoms with E-state index in [0.29, 0.717) is 6.10 Å². The summed E-state index contributed by atoms with van der Waals surface area (Å²) >= 11 is 1.16. The summed E-state index contributed by atoms with van der Waals surface area (Å²) in [4.78, 5) is 0. The molecule has 1 aliphatic rings. The zero-order valence-corrected chi connectivity index (χ0v) is 15.6. The van der Waals surface area contributed by atoms with Gasteiger partial charge in [0, 0.05) is 0 Å². The van der Waals surface area contributed by atoms with Crippen molar-refractivity contribution in [3.8, 4) is 11.1 Å². The molecule has 2 heteroatoms. The van der Waals surface area contributed by atoms with Crippen LogP contribution in [-0.4, -0.2) is 6.10 Å². The van der Waals surface area contributed by atoms with Crippen LogP contribution in [0.1, 0.15) is 25.8 Å². The number of hydrogen-bond acceptors (Lipinski definition) is 1. The van der Waals surface area contributed by atoms with E-state index in [4.69, 9.17) is 2.81 Å². The molecule has 22 heavy (non-hydrogen) atoms. The Morgan fingerprint density at radius 1 is 0.909 bits per heavy atom. The molecule has 0 radical (unpaired) electrons. The molecule has 0 fully saturated rings. The summed E-state index contributed by atoms with van der Waals surface area (Å²) in [7, 11) is 0. The molecule has 0 unspecified atom stereocenters. The van der Waals surface area contributed by atoms with E-state index in [1.807, 2.05) is 13.8 Å². The maximum absolute atomic E-state index is 4.84. The molecular formula is C20H21OZr. The van der Waals surface area contributed by atoms with Gasteiger partial charge in [-0.3, -0.25) is 0 Å². The third kappa shape index (κ3) is 4.90. The predicted octanol–water partition coefficient (Wildman–Crippen LogP) is 5.57. The Morgan fingerprint density at radius 3 is 2.05 bits per heavy atom. The molecule has 1 aliphatic carbocycles. The first kappa shape index (κ1) is 17.1. The Morgan fingerprint density at radius 2 is 1.50 bits per heavy atom. The molecule has 1 nitrogen and oxygen atoms in total. The summed E-state index contributed by atoms with van der Waals surface area (Å²) in [6, 6.07) is 19.2. The van der Waals surface area contributed by atoms with Gasteiger partial charge in [0.05, 0.1) is 0 Å². The van der Waals surface area contributed by atoms with Gasteiger partial charge in [-0.1, -0.05) is 72.8 Å². The van der Waals surface area contributed by atoms with Gasteiger partial charge in [0.1, 0.15) is 0 Å². The molecular weight excluding hydrogens is 347 g/mol. The van der Waals surface area contributed by atoms with Crippen LogP contribution in [0, 0.1) is 0 Å². The maximum atomic E-state index is 4.84. The van der Waals surface area contributed by atoms with Gasteiger partial charge >= 0.3 is 47.9 Å². The predicted molar refractivity (Wildman–Crippen MR) is 89.8 cm³/mol. The molecule has 2 aromatic carbocycles. The van der Waals surface area contributed by atoms with Crippen LogP contribution in [-0.2, 0) is 28.0 Å². The van der Waals surface area contributed by atoms with Crippen molar-refractivity contribution in [2.75, 3.05) is 0 Å². The second kappa shape index (κ2) is 9.03.